The molecular weight excluding hydrogens is 252 g/mol. The SMILES string of the molecule is CNC(c1ccc2c(c1)CC(=O)N2C)C1CCCOC1. The zero-order valence-electron chi connectivity index (χ0n) is 12.2. The van der Waals surface area contributed by atoms with Crippen molar-refractivity contribution in [3.8, 4) is 0 Å². The number of hydrogen-bond acceptors (Lipinski definition) is 3. The summed E-state index contributed by atoms with van der Waals surface area (Å²) in [5, 5.41) is 3.42. The lowest BCUT2D eigenvalue weighted by Crippen LogP contribution is -2.31. The van der Waals surface area contributed by atoms with Crippen LogP contribution in [0, 0.1) is 5.92 Å². The van der Waals surface area contributed by atoms with Crippen molar-refractivity contribution in [2.24, 2.45) is 5.92 Å². The first kappa shape index (κ1) is 13.6. The summed E-state index contributed by atoms with van der Waals surface area (Å²) < 4.78 is 5.61. The Morgan fingerprint density at radius 3 is 3.00 bits per heavy atom. The minimum Gasteiger partial charge on any atom is -0.381 e. The second-order valence-electron chi connectivity index (χ2n) is 5.76. The van der Waals surface area contributed by atoms with Crippen LogP contribution in [0.25, 0.3) is 0 Å². The fraction of sp³-hybridized carbons (Fsp3) is 0.562. The summed E-state index contributed by atoms with van der Waals surface area (Å²) in [5.74, 6) is 0.695. The fourth-order valence-corrected chi connectivity index (χ4v) is 3.39. The first-order valence-electron chi connectivity index (χ1n) is 7.35. The lowest BCUT2D eigenvalue weighted by molar-refractivity contribution is -0.117. The topological polar surface area (TPSA) is 41.6 Å². The van der Waals surface area contributed by atoms with Crippen LogP contribution in [0.3, 0.4) is 0 Å². The summed E-state index contributed by atoms with van der Waals surface area (Å²) >= 11 is 0. The number of nitrogens with one attached hydrogen (secondary N) is 1. The molecular formula is C16H22N2O2. The Labute approximate surface area is 120 Å². The highest BCUT2D eigenvalue weighted by Gasteiger charge is 2.28. The summed E-state index contributed by atoms with van der Waals surface area (Å²) in [6.45, 7) is 1.71. The summed E-state index contributed by atoms with van der Waals surface area (Å²) in [6, 6.07) is 6.71. The summed E-state index contributed by atoms with van der Waals surface area (Å²) in [4.78, 5) is 13.5. The van der Waals surface area contributed by atoms with E-state index in [2.05, 4.69) is 23.5 Å². The predicted octanol–water partition coefficient (Wildman–Crippen LogP) is 1.89. The van der Waals surface area contributed by atoms with Crippen LogP contribution in [0.4, 0.5) is 5.69 Å². The minimum absolute atomic E-state index is 0.180. The van der Waals surface area contributed by atoms with Crippen molar-refractivity contribution in [2.45, 2.75) is 25.3 Å². The van der Waals surface area contributed by atoms with E-state index in [1.807, 2.05) is 14.1 Å². The molecule has 0 radical (unpaired) electrons. The average molecular weight is 274 g/mol. The molecule has 2 aliphatic heterocycles. The number of ether oxygens (including phenoxy) is 1. The van der Waals surface area contributed by atoms with Gasteiger partial charge in [0.25, 0.3) is 0 Å². The summed E-state index contributed by atoms with van der Waals surface area (Å²) in [6.07, 6.45) is 2.85. The number of likely N-dealkylation sites (N-methyl/N-ethyl adjacent to an activating group) is 1. The van der Waals surface area contributed by atoms with E-state index in [-0.39, 0.29) is 5.91 Å². The average Bonchev–Trinajstić information content (AvgIpc) is 2.76. The van der Waals surface area contributed by atoms with Crippen LogP contribution >= 0.6 is 0 Å². The van der Waals surface area contributed by atoms with Gasteiger partial charge in [-0.25, -0.2) is 0 Å². The Balaban J connectivity index is 1.86. The zero-order valence-corrected chi connectivity index (χ0v) is 12.2. The van der Waals surface area contributed by atoms with Gasteiger partial charge in [0.2, 0.25) is 5.91 Å². The van der Waals surface area contributed by atoms with Gasteiger partial charge in [-0.15, -0.1) is 0 Å². The number of amides is 1. The van der Waals surface area contributed by atoms with Gasteiger partial charge in [0, 0.05) is 31.3 Å². The molecule has 20 heavy (non-hydrogen) atoms. The van der Waals surface area contributed by atoms with E-state index in [4.69, 9.17) is 4.74 Å². The van der Waals surface area contributed by atoms with E-state index in [0.717, 1.165) is 30.9 Å². The number of nitrogens with zero attached hydrogens (tertiary/aromatic N) is 1. The van der Waals surface area contributed by atoms with Gasteiger partial charge >= 0.3 is 0 Å². The Kier molecular flexibility index (Phi) is 3.76. The first-order valence-corrected chi connectivity index (χ1v) is 7.35. The number of carbonyl (C=O) groups excluding carboxylic acids is 1. The lowest BCUT2D eigenvalue weighted by Gasteiger charge is -2.30. The van der Waals surface area contributed by atoms with Crippen LogP contribution in [0.1, 0.15) is 30.0 Å². The van der Waals surface area contributed by atoms with Crippen molar-refractivity contribution >= 4 is 11.6 Å². The monoisotopic (exact) mass is 274 g/mol. The Bertz CT molecular complexity index is 509. The lowest BCUT2D eigenvalue weighted by atomic mass is 9.88. The van der Waals surface area contributed by atoms with E-state index in [1.165, 1.54) is 12.0 Å². The normalized spacial score (nSPS) is 23.8. The molecule has 1 N–H and O–H groups in total. The quantitative estimate of drug-likeness (QED) is 0.915. The highest BCUT2D eigenvalue weighted by Crippen LogP contribution is 2.34. The van der Waals surface area contributed by atoms with E-state index in [1.54, 1.807) is 4.90 Å². The summed E-state index contributed by atoms with van der Waals surface area (Å²) in [7, 11) is 3.85. The number of fused-ring (bicyclic) bond motifs is 1. The first-order chi connectivity index (χ1) is 9.70. The van der Waals surface area contributed by atoms with Gasteiger partial charge in [-0.3, -0.25) is 4.79 Å². The largest absolute Gasteiger partial charge is 0.381 e. The molecule has 1 aromatic carbocycles. The van der Waals surface area contributed by atoms with Gasteiger partial charge in [0.05, 0.1) is 13.0 Å². The molecule has 0 bridgehead atoms. The molecule has 4 nitrogen and oxygen atoms in total. The molecule has 2 atom stereocenters. The van der Waals surface area contributed by atoms with Crippen LogP contribution < -0.4 is 10.2 Å². The predicted molar refractivity (Wildman–Crippen MR) is 78.9 cm³/mol. The van der Waals surface area contributed by atoms with Crippen molar-refractivity contribution in [2.75, 3.05) is 32.2 Å². The van der Waals surface area contributed by atoms with E-state index in [9.17, 15) is 4.79 Å². The van der Waals surface area contributed by atoms with Gasteiger partial charge < -0.3 is 15.0 Å². The maximum atomic E-state index is 11.8. The van der Waals surface area contributed by atoms with Crippen LogP contribution in [0.15, 0.2) is 18.2 Å². The Morgan fingerprint density at radius 2 is 2.30 bits per heavy atom. The van der Waals surface area contributed by atoms with E-state index < -0.39 is 0 Å². The van der Waals surface area contributed by atoms with Crippen molar-refractivity contribution in [3.63, 3.8) is 0 Å². The number of anilines is 1. The van der Waals surface area contributed by atoms with Gasteiger partial charge in [-0.05, 0) is 37.1 Å². The van der Waals surface area contributed by atoms with Crippen molar-refractivity contribution < 1.29 is 9.53 Å². The third-order valence-corrected chi connectivity index (χ3v) is 4.52. The third-order valence-electron chi connectivity index (χ3n) is 4.52. The molecule has 1 amide bonds. The molecule has 2 aliphatic rings. The van der Waals surface area contributed by atoms with Crippen molar-refractivity contribution in [3.05, 3.63) is 29.3 Å². The number of rotatable bonds is 3. The zero-order chi connectivity index (χ0) is 14.1. The second kappa shape index (κ2) is 5.54. The van der Waals surface area contributed by atoms with Crippen LogP contribution in [-0.2, 0) is 16.0 Å². The van der Waals surface area contributed by atoms with Gasteiger partial charge in [-0.2, -0.15) is 0 Å². The number of carbonyl (C=O) groups is 1. The number of hydrogen-bond donors (Lipinski definition) is 1. The van der Waals surface area contributed by atoms with E-state index in [0.29, 0.717) is 18.4 Å². The maximum Gasteiger partial charge on any atom is 0.231 e. The summed E-state index contributed by atoms with van der Waals surface area (Å²) in [5.41, 5.74) is 3.46. The molecule has 2 heterocycles. The van der Waals surface area contributed by atoms with E-state index >= 15 is 0 Å². The van der Waals surface area contributed by atoms with Gasteiger partial charge in [0.15, 0.2) is 0 Å². The van der Waals surface area contributed by atoms with Crippen LogP contribution in [0.2, 0.25) is 0 Å². The molecule has 3 rings (SSSR count). The molecule has 2 unspecified atom stereocenters. The molecule has 108 valence electrons. The van der Waals surface area contributed by atoms with Crippen molar-refractivity contribution in [1.82, 2.24) is 5.32 Å². The smallest absolute Gasteiger partial charge is 0.231 e. The third kappa shape index (κ3) is 2.34. The maximum absolute atomic E-state index is 11.8. The molecule has 0 spiro atoms. The van der Waals surface area contributed by atoms with Gasteiger partial charge in [-0.1, -0.05) is 12.1 Å². The fourth-order valence-electron chi connectivity index (χ4n) is 3.39. The molecule has 1 fully saturated rings. The van der Waals surface area contributed by atoms with Gasteiger partial charge in [0.1, 0.15) is 0 Å². The Hall–Kier alpha value is -1.39. The molecule has 0 aliphatic carbocycles. The second-order valence-corrected chi connectivity index (χ2v) is 5.76. The number of benzene rings is 1. The molecule has 0 aromatic heterocycles. The molecule has 1 saturated heterocycles. The molecule has 4 heteroatoms. The molecule has 1 aromatic rings. The van der Waals surface area contributed by atoms with Crippen LogP contribution in [-0.4, -0.2) is 33.2 Å². The minimum atomic E-state index is 0.180. The Morgan fingerprint density at radius 1 is 1.45 bits per heavy atom. The standard InChI is InChI=1S/C16H22N2O2/c1-17-16(12-4-3-7-20-10-12)11-5-6-14-13(8-11)9-15(19)18(14)2/h5-6,8,12,16-17H,3-4,7,9-10H2,1-2H3. The van der Waals surface area contributed by atoms with Crippen LogP contribution in [0.5, 0.6) is 0 Å². The highest BCUT2D eigenvalue weighted by molar-refractivity contribution is 6.00. The van der Waals surface area contributed by atoms with Crippen molar-refractivity contribution in [1.29, 1.82) is 0 Å². The highest BCUT2D eigenvalue weighted by atomic mass is 16.5. The molecule has 0 saturated carbocycles.